The summed E-state index contributed by atoms with van der Waals surface area (Å²) in [5.74, 6) is -0.410. The Morgan fingerprint density at radius 1 is 1.38 bits per heavy atom. The van der Waals surface area contributed by atoms with Crippen molar-refractivity contribution in [1.29, 1.82) is 0 Å². The molecule has 5 nitrogen and oxygen atoms in total. The fraction of sp³-hybridized carbons (Fsp3) is 0.600. The van der Waals surface area contributed by atoms with Gasteiger partial charge in [0.2, 0.25) is 0 Å². The highest BCUT2D eigenvalue weighted by Crippen LogP contribution is 2.32. The summed E-state index contributed by atoms with van der Waals surface area (Å²) in [4.78, 5) is 23.6. The minimum Gasteiger partial charge on any atom is -0.480 e. The van der Waals surface area contributed by atoms with Gasteiger partial charge in [-0.15, -0.1) is 0 Å². The summed E-state index contributed by atoms with van der Waals surface area (Å²) in [6.45, 7) is 4.53. The molecule has 21 heavy (non-hydrogen) atoms. The fourth-order valence-corrected chi connectivity index (χ4v) is 3.51. The first kappa shape index (κ1) is 15.8. The van der Waals surface area contributed by atoms with Crippen LogP contribution in [0.25, 0.3) is 0 Å². The minimum atomic E-state index is -1.11. The molecule has 1 fully saturated rings. The summed E-state index contributed by atoms with van der Waals surface area (Å²) in [6, 6.07) is -0.405. The molecular weight excluding hydrogens is 288 g/mol. The van der Waals surface area contributed by atoms with Gasteiger partial charge >= 0.3 is 12.0 Å². The van der Waals surface area contributed by atoms with Crippen LogP contribution in [0.2, 0.25) is 0 Å². The summed E-state index contributed by atoms with van der Waals surface area (Å²) < 4.78 is 0. The van der Waals surface area contributed by atoms with E-state index in [1.165, 1.54) is 0 Å². The van der Waals surface area contributed by atoms with E-state index in [0.29, 0.717) is 25.3 Å². The van der Waals surface area contributed by atoms with Crippen LogP contribution in [0.3, 0.4) is 0 Å². The van der Waals surface area contributed by atoms with Crippen molar-refractivity contribution in [3.63, 3.8) is 0 Å². The molecule has 0 unspecified atom stereocenters. The number of aliphatic carboxylic acids is 1. The van der Waals surface area contributed by atoms with Crippen molar-refractivity contribution < 1.29 is 14.7 Å². The number of carbonyl (C=O) groups excluding carboxylic acids is 1. The van der Waals surface area contributed by atoms with E-state index >= 15 is 0 Å². The van der Waals surface area contributed by atoms with Crippen LogP contribution in [0.15, 0.2) is 10.8 Å². The van der Waals surface area contributed by atoms with E-state index in [-0.39, 0.29) is 0 Å². The van der Waals surface area contributed by atoms with E-state index in [0.717, 1.165) is 24.0 Å². The molecule has 0 bridgehead atoms. The molecule has 1 aliphatic carbocycles. The summed E-state index contributed by atoms with van der Waals surface area (Å²) in [5, 5.41) is 18.9. The van der Waals surface area contributed by atoms with Crippen LogP contribution in [0.1, 0.15) is 43.7 Å². The Balaban J connectivity index is 1.93. The Kier molecular flexibility index (Phi) is 4.88. The van der Waals surface area contributed by atoms with Crippen LogP contribution in [0, 0.1) is 12.8 Å². The van der Waals surface area contributed by atoms with Crippen molar-refractivity contribution in [3.8, 4) is 0 Å². The van der Waals surface area contributed by atoms with Gasteiger partial charge in [-0.3, -0.25) is 0 Å². The number of carboxylic acids is 1. The van der Waals surface area contributed by atoms with Crippen LogP contribution in [-0.2, 0) is 11.3 Å². The van der Waals surface area contributed by atoms with Crippen molar-refractivity contribution in [1.82, 2.24) is 10.6 Å². The molecule has 3 N–H and O–H groups in total. The van der Waals surface area contributed by atoms with Gasteiger partial charge in [0.25, 0.3) is 0 Å². The van der Waals surface area contributed by atoms with Gasteiger partial charge in [0.05, 0.1) is 0 Å². The maximum absolute atomic E-state index is 12.0. The van der Waals surface area contributed by atoms with E-state index in [1.807, 2.05) is 17.7 Å². The molecule has 0 radical (unpaired) electrons. The highest BCUT2D eigenvalue weighted by Gasteiger charge is 2.42. The lowest BCUT2D eigenvalue weighted by molar-refractivity contribution is -0.146. The minimum absolute atomic E-state index is 0.405. The Hall–Kier alpha value is -1.56. The quantitative estimate of drug-likeness (QED) is 0.800. The zero-order chi connectivity index (χ0) is 15.5. The lowest BCUT2D eigenvalue weighted by Gasteiger charge is -2.36. The Morgan fingerprint density at radius 3 is 2.57 bits per heavy atom. The maximum atomic E-state index is 12.0. The smallest absolute Gasteiger partial charge is 0.329 e. The number of hydrogen-bond acceptors (Lipinski definition) is 3. The van der Waals surface area contributed by atoms with Crippen molar-refractivity contribution in [2.75, 3.05) is 0 Å². The number of thiophene rings is 1. The molecule has 1 aromatic rings. The summed E-state index contributed by atoms with van der Waals surface area (Å²) in [5.41, 5.74) is 1.09. The number of nitrogens with one attached hydrogen (secondary N) is 2. The predicted molar refractivity (Wildman–Crippen MR) is 82.4 cm³/mol. The topological polar surface area (TPSA) is 78.4 Å². The molecule has 1 heterocycles. The lowest BCUT2D eigenvalue weighted by Crippen LogP contribution is -2.58. The molecule has 2 rings (SSSR count). The molecule has 0 atom stereocenters. The summed E-state index contributed by atoms with van der Waals surface area (Å²) >= 11 is 1.59. The average molecular weight is 310 g/mol. The molecule has 0 aliphatic heterocycles. The first-order valence-electron chi connectivity index (χ1n) is 7.24. The van der Waals surface area contributed by atoms with E-state index in [2.05, 4.69) is 17.6 Å². The third-order valence-corrected chi connectivity index (χ3v) is 5.20. The van der Waals surface area contributed by atoms with Gasteiger partial charge < -0.3 is 15.7 Å². The number of carbonyl (C=O) groups is 2. The van der Waals surface area contributed by atoms with Gasteiger partial charge in [-0.25, -0.2) is 9.59 Å². The monoisotopic (exact) mass is 310 g/mol. The average Bonchev–Trinajstić information content (AvgIpc) is 2.84. The van der Waals surface area contributed by atoms with Gasteiger partial charge in [0.15, 0.2) is 0 Å². The van der Waals surface area contributed by atoms with Gasteiger partial charge in [0.1, 0.15) is 5.54 Å². The fourth-order valence-electron chi connectivity index (χ4n) is 2.65. The highest BCUT2D eigenvalue weighted by atomic mass is 32.1. The van der Waals surface area contributed by atoms with Gasteiger partial charge in [-0.2, -0.15) is 11.3 Å². The van der Waals surface area contributed by atoms with Crippen LogP contribution < -0.4 is 10.6 Å². The maximum Gasteiger partial charge on any atom is 0.329 e. The number of urea groups is 1. The first-order valence-corrected chi connectivity index (χ1v) is 8.18. The standard InChI is InChI=1S/C15H22N2O3S/c1-10-3-5-15(6-4-10,13(18)19)17-14(20)16-7-12-9-21-8-11(12)2/h8-10H,3-7H2,1-2H3,(H,18,19)(H2,16,17,20). The van der Waals surface area contributed by atoms with Gasteiger partial charge in [0, 0.05) is 6.54 Å². The molecule has 0 saturated heterocycles. The van der Waals surface area contributed by atoms with Crippen molar-refractivity contribution in [3.05, 3.63) is 21.9 Å². The van der Waals surface area contributed by atoms with Crippen LogP contribution in [0.5, 0.6) is 0 Å². The second kappa shape index (κ2) is 6.47. The summed E-state index contributed by atoms with van der Waals surface area (Å²) in [6.07, 6.45) is 2.65. The zero-order valence-corrected chi connectivity index (χ0v) is 13.3. The molecule has 116 valence electrons. The Labute approximate surface area is 128 Å². The molecular formula is C15H22N2O3S. The number of rotatable bonds is 4. The first-order chi connectivity index (χ1) is 9.93. The van der Waals surface area contributed by atoms with E-state index in [9.17, 15) is 14.7 Å². The zero-order valence-electron chi connectivity index (χ0n) is 12.4. The lowest BCUT2D eigenvalue weighted by atomic mass is 9.77. The summed E-state index contributed by atoms with van der Waals surface area (Å²) in [7, 11) is 0. The highest BCUT2D eigenvalue weighted by molar-refractivity contribution is 7.08. The van der Waals surface area contributed by atoms with E-state index in [1.54, 1.807) is 11.3 Å². The SMILES string of the molecule is Cc1cscc1CNC(=O)NC1(C(=O)O)CCC(C)CC1. The molecule has 1 aromatic heterocycles. The molecule has 1 aliphatic rings. The largest absolute Gasteiger partial charge is 0.480 e. The molecule has 0 spiro atoms. The molecule has 1 saturated carbocycles. The predicted octanol–water partition coefficient (Wildman–Crippen LogP) is 2.89. The van der Waals surface area contributed by atoms with E-state index in [4.69, 9.17) is 0 Å². The second-order valence-electron chi connectivity index (χ2n) is 5.96. The number of carboxylic acid groups (broad SMARTS) is 1. The number of amides is 2. The molecule has 0 aromatic carbocycles. The van der Waals surface area contributed by atoms with Crippen LogP contribution in [0.4, 0.5) is 4.79 Å². The molecule has 6 heteroatoms. The number of aryl methyl sites for hydroxylation is 1. The van der Waals surface area contributed by atoms with Crippen molar-refractivity contribution >= 4 is 23.3 Å². The Bertz CT molecular complexity index is 519. The van der Waals surface area contributed by atoms with E-state index < -0.39 is 17.5 Å². The number of hydrogen-bond donors (Lipinski definition) is 3. The van der Waals surface area contributed by atoms with Gasteiger partial charge in [-0.1, -0.05) is 6.92 Å². The van der Waals surface area contributed by atoms with Crippen LogP contribution in [-0.4, -0.2) is 22.6 Å². The second-order valence-corrected chi connectivity index (χ2v) is 6.70. The van der Waals surface area contributed by atoms with Crippen molar-refractivity contribution in [2.24, 2.45) is 5.92 Å². The normalized spacial score (nSPS) is 25.3. The third-order valence-electron chi connectivity index (χ3n) is 4.29. The van der Waals surface area contributed by atoms with Gasteiger partial charge in [-0.05, 0) is 60.4 Å². The van der Waals surface area contributed by atoms with Crippen molar-refractivity contribution in [2.45, 2.75) is 51.6 Å². The third kappa shape index (κ3) is 3.75. The van der Waals surface area contributed by atoms with Crippen LogP contribution >= 0.6 is 11.3 Å². The Morgan fingerprint density at radius 2 is 2.05 bits per heavy atom. The molecule has 2 amide bonds.